The lowest BCUT2D eigenvalue weighted by Crippen LogP contribution is -2.25. The second kappa shape index (κ2) is 9.52. The van der Waals surface area contributed by atoms with Gasteiger partial charge in [0, 0.05) is 28.3 Å². The van der Waals surface area contributed by atoms with Gasteiger partial charge in [-0.25, -0.2) is 0 Å². The van der Waals surface area contributed by atoms with Crippen LogP contribution in [0.1, 0.15) is 41.8 Å². The molecule has 2 rings (SSSR count). The molecule has 0 saturated heterocycles. The Balaban J connectivity index is 2.05. The number of aryl methyl sites for hydroxylation is 1. The molecule has 134 valence electrons. The van der Waals surface area contributed by atoms with Crippen molar-refractivity contribution in [2.24, 2.45) is 5.92 Å². The Kier molecular flexibility index (Phi) is 7.38. The van der Waals surface area contributed by atoms with Crippen LogP contribution in [0.4, 0.5) is 0 Å². The minimum absolute atomic E-state index is 0.0233. The van der Waals surface area contributed by atoms with Crippen molar-refractivity contribution in [3.05, 3.63) is 59.2 Å². The Labute approximate surface area is 155 Å². The van der Waals surface area contributed by atoms with E-state index in [4.69, 9.17) is 4.74 Å². The highest BCUT2D eigenvalue weighted by Crippen LogP contribution is 2.29. The van der Waals surface area contributed by atoms with Crippen molar-refractivity contribution < 1.29 is 9.53 Å². The minimum atomic E-state index is -0.0233. The van der Waals surface area contributed by atoms with Crippen molar-refractivity contribution in [3.63, 3.8) is 0 Å². The van der Waals surface area contributed by atoms with E-state index in [1.165, 1.54) is 10.5 Å². The molecule has 0 atom stereocenters. The first kappa shape index (κ1) is 19.4. The number of rotatable bonds is 8. The maximum atomic E-state index is 12.3. The summed E-state index contributed by atoms with van der Waals surface area (Å²) < 4.78 is 5.46. The highest BCUT2D eigenvalue weighted by molar-refractivity contribution is 7.98. The first-order valence-electron chi connectivity index (χ1n) is 8.64. The van der Waals surface area contributed by atoms with Crippen LogP contribution in [0, 0.1) is 12.8 Å². The van der Waals surface area contributed by atoms with Gasteiger partial charge in [-0.3, -0.25) is 4.79 Å². The smallest absolute Gasteiger partial charge is 0.251 e. The number of amides is 1. The van der Waals surface area contributed by atoms with E-state index in [0.717, 1.165) is 23.5 Å². The van der Waals surface area contributed by atoms with Crippen LogP contribution in [0.2, 0.25) is 0 Å². The molecule has 0 radical (unpaired) electrons. The van der Waals surface area contributed by atoms with Gasteiger partial charge in [-0.1, -0.05) is 31.5 Å². The Morgan fingerprint density at radius 3 is 2.52 bits per heavy atom. The van der Waals surface area contributed by atoms with Crippen LogP contribution in [0.5, 0.6) is 5.75 Å². The normalized spacial score (nSPS) is 10.8. The molecule has 4 heteroatoms. The van der Waals surface area contributed by atoms with E-state index in [9.17, 15) is 4.79 Å². The molecule has 2 aromatic rings. The van der Waals surface area contributed by atoms with Gasteiger partial charge in [0.25, 0.3) is 5.91 Å². The molecule has 0 fully saturated rings. The average Bonchev–Trinajstić information content (AvgIpc) is 2.60. The van der Waals surface area contributed by atoms with Gasteiger partial charge in [-0.15, -0.1) is 11.8 Å². The van der Waals surface area contributed by atoms with Crippen molar-refractivity contribution in [2.75, 3.05) is 13.7 Å². The second-order valence-electron chi connectivity index (χ2n) is 6.57. The van der Waals surface area contributed by atoms with Gasteiger partial charge in [0.1, 0.15) is 5.75 Å². The molecule has 0 heterocycles. The van der Waals surface area contributed by atoms with E-state index in [1.807, 2.05) is 18.2 Å². The molecule has 0 spiro atoms. The molecule has 0 aliphatic heterocycles. The Morgan fingerprint density at radius 1 is 1.16 bits per heavy atom. The number of hydrogen-bond donors (Lipinski definition) is 1. The van der Waals surface area contributed by atoms with Gasteiger partial charge < -0.3 is 10.1 Å². The Morgan fingerprint density at radius 2 is 1.88 bits per heavy atom. The van der Waals surface area contributed by atoms with Gasteiger partial charge in [0.15, 0.2) is 0 Å². The largest absolute Gasteiger partial charge is 0.496 e. The molecule has 0 aliphatic carbocycles. The van der Waals surface area contributed by atoms with E-state index in [-0.39, 0.29) is 5.91 Å². The number of carbonyl (C=O) groups is 1. The third-order valence-corrected chi connectivity index (χ3v) is 5.03. The minimum Gasteiger partial charge on any atom is -0.496 e. The van der Waals surface area contributed by atoms with Gasteiger partial charge >= 0.3 is 0 Å². The summed E-state index contributed by atoms with van der Waals surface area (Å²) in [5.41, 5.74) is 2.97. The van der Waals surface area contributed by atoms with Crippen LogP contribution in [0.25, 0.3) is 0 Å². The van der Waals surface area contributed by atoms with Crippen LogP contribution < -0.4 is 10.1 Å². The van der Waals surface area contributed by atoms with Gasteiger partial charge in [0.2, 0.25) is 0 Å². The number of nitrogens with one attached hydrogen (secondary N) is 1. The van der Waals surface area contributed by atoms with Crippen LogP contribution in [-0.2, 0) is 5.75 Å². The van der Waals surface area contributed by atoms with E-state index >= 15 is 0 Å². The lowest BCUT2D eigenvalue weighted by atomic mass is 10.1. The van der Waals surface area contributed by atoms with Crippen LogP contribution in [-0.4, -0.2) is 19.6 Å². The van der Waals surface area contributed by atoms with Crippen LogP contribution >= 0.6 is 11.8 Å². The lowest BCUT2D eigenvalue weighted by molar-refractivity contribution is 0.0952. The fourth-order valence-corrected chi connectivity index (χ4v) is 3.28. The Hall–Kier alpha value is -1.94. The van der Waals surface area contributed by atoms with Gasteiger partial charge in [0.05, 0.1) is 7.11 Å². The van der Waals surface area contributed by atoms with Crippen molar-refractivity contribution in [2.45, 2.75) is 37.8 Å². The zero-order valence-electron chi connectivity index (χ0n) is 15.5. The number of carbonyl (C=O) groups excluding carboxylic acids is 1. The molecule has 0 aromatic heterocycles. The Bertz CT molecular complexity index is 696. The molecule has 3 nitrogen and oxygen atoms in total. The highest BCUT2D eigenvalue weighted by Gasteiger charge is 2.11. The summed E-state index contributed by atoms with van der Waals surface area (Å²) in [5.74, 6) is 2.14. The third-order valence-electron chi connectivity index (χ3n) is 3.97. The van der Waals surface area contributed by atoms with E-state index in [1.54, 1.807) is 18.9 Å². The summed E-state index contributed by atoms with van der Waals surface area (Å²) in [5, 5.41) is 2.99. The van der Waals surface area contributed by atoms with Gasteiger partial charge in [-0.2, -0.15) is 0 Å². The second-order valence-corrected chi connectivity index (χ2v) is 7.62. The molecule has 1 amide bonds. The number of thioether (sulfide) groups is 1. The van der Waals surface area contributed by atoms with Crippen LogP contribution in [0.15, 0.2) is 47.4 Å². The summed E-state index contributed by atoms with van der Waals surface area (Å²) in [4.78, 5) is 13.5. The number of methoxy groups -OCH3 is 1. The number of ether oxygens (including phenoxy) is 1. The van der Waals surface area contributed by atoms with Crippen molar-refractivity contribution in [1.82, 2.24) is 5.32 Å². The van der Waals surface area contributed by atoms with E-state index in [0.29, 0.717) is 18.0 Å². The maximum absolute atomic E-state index is 12.3. The summed E-state index contributed by atoms with van der Waals surface area (Å²) >= 11 is 1.74. The summed E-state index contributed by atoms with van der Waals surface area (Å²) in [7, 11) is 1.66. The highest BCUT2D eigenvalue weighted by atomic mass is 32.2. The average molecular weight is 358 g/mol. The zero-order chi connectivity index (χ0) is 18.2. The summed E-state index contributed by atoms with van der Waals surface area (Å²) in [6.07, 6.45) is 0.984. The first-order valence-corrected chi connectivity index (χ1v) is 9.62. The fourth-order valence-electron chi connectivity index (χ4n) is 2.40. The van der Waals surface area contributed by atoms with Crippen LogP contribution in [0.3, 0.4) is 0 Å². The molecule has 2 aromatic carbocycles. The topological polar surface area (TPSA) is 38.3 Å². The molecule has 1 N–H and O–H groups in total. The fraction of sp³-hybridized carbons (Fsp3) is 0.381. The molecule has 25 heavy (non-hydrogen) atoms. The van der Waals surface area contributed by atoms with Crippen molar-refractivity contribution in [1.29, 1.82) is 0 Å². The van der Waals surface area contributed by atoms with Crippen molar-refractivity contribution in [3.8, 4) is 5.75 Å². The molecule has 0 saturated carbocycles. The molecular weight excluding hydrogens is 330 g/mol. The molecular formula is C21H27NO2S. The molecule has 0 unspecified atom stereocenters. The van der Waals surface area contributed by atoms with E-state index < -0.39 is 0 Å². The van der Waals surface area contributed by atoms with E-state index in [2.05, 4.69) is 50.4 Å². The first-order chi connectivity index (χ1) is 12.0. The summed E-state index contributed by atoms with van der Waals surface area (Å²) in [6.45, 7) is 7.09. The lowest BCUT2D eigenvalue weighted by Gasteiger charge is -2.12. The standard InChI is InChI=1S/C21H27NO2S/c1-15(2)11-12-22-21(23)17-7-10-20(24-4)18(13-17)14-25-19-8-5-16(3)6-9-19/h5-10,13,15H,11-12,14H2,1-4H3,(H,22,23). The summed E-state index contributed by atoms with van der Waals surface area (Å²) in [6, 6.07) is 14.1. The maximum Gasteiger partial charge on any atom is 0.251 e. The molecule has 0 aliphatic rings. The predicted molar refractivity (Wildman–Crippen MR) is 106 cm³/mol. The third kappa shape index (κ3) is 6.13. The SMILES string of the molecule is COc1ccc(C(=O)NCCC(C)C)cc1CSc1ccc(C)cc1. The van der Waals surface area contributed by atoms with Crippen molar-refractivity contribution >= 4 is 17.7 Å². The number of benzene rings is 2. The predicted octanol–water partition coefficient (Wildman–Crippen LogP) is 5.07. The molecule has 0 bridgehead atoms. The number of hydrogen-bond acceptors (Lipinski definition) is 3. The zero-order valence-corrected chi connectivity index (χ0v) is 16.3. The quantitative estimate of drug-likeness (QED) is 0.670. The van der Waals surface area contributed by atoms with Gasteiger partial charge in [-0.05, 0) is 49.6 Å². The monoisotopic (exact) mass is 357 g/mol.